The van der Waals surface area contributed by atoms with Crippen LogP contribution in [0.25, 0.3) is 0 Å². The fraction of sp³-hybridized carbons (Fsp3) is 0.0526. The Kier molecular flexibility index (Phi) is 5.06. The molecule has 0 aliphatic rings. The van der Waals surface area contributed by atoms with E-state index in [0.717, 1.165) is 11.3 Å². The number of para-hydroxylation sites is 1. The first kappa shape index (κ1) is 15.7. The standard InChI is InChI=1S/C19H14Cl2O2/c20-17-11-16(23-15-9-5-2-6-10-15)12-18(21)19(17)22-13-14-7-3-1-4-8-14/h1-12H,13H2. The second-order valence-electron chi connectivity index (χ2n) is 4.91. The van der Waals surface area contributed by atoms with Crippen LogP contribution in [0.3, 0.4) is 0 Å². The Balaban J connectivity index is 1.75. The van der Waals surface area contributed by atoms with Crippen LogP contribution in [-0.2, 0) is 6.61 Å². The smallest absolute Gasteiger partial charge is 0.157 e. The van der Waals surface area contributed by atoms with E-state index in [1.165, 1.54) is 0 Å². The molecule has 0 saturated carbocycles. The Morgan fingerprint density at radius 2 is 1.26 bits per heavy atom. The molecule has 0 N–H and O–H groups in total. The third-order valence-corrected chi connectivity index (χ3v) is 3.74. The number of rotatable bonds is 5. The highest BCUT2D eigenvalue weighted by Crippen LogP contribution is 2.38. The summed E-state index contributed by atoms with van der Waals surface area (Å²) >= 11 is 12.6. The second-order valence-corrected chi connectivity index (χ2v) is 5.72. The van der Waals surface area contributed by atoms with Gasteiger partial charge in [0.1, 0.15) is 18.1 Å². The summed E-state index contributed by atoms with van der Waals surface area (Å²) in [6.45, 7) is 0.402. The van der Waals surface area contributed by atoms with Crippen molar-refractivity contribution in [2.45, 2.75) is 6.61 Å². The molecule has 3 aromatic rings. The third kappa shape index (κ3) is 4.19. The van der Waals surface area contributed by atoms with Crippen molar-refractivity contribution >= 4 is 23.2 Å². The molecular weight excluding hydrogens is 331 g/mol. The SMILES string of the molecule is Clc1cc(Oc2ccccc2)cc(Cl)c1OCc1ccccc1. The molecule has 0 aliphatic heterocycles. The zero-order chi connectivity index (χ0) is 16.1. The van der Waals surface area contributed by atoms with Crippen LogP contribution in [0.2, 0.25) is 10.0 Å². The van der Waals surface area contributed by atoms with Gasteiger partial charge in [0.15, 0.2) is 5.75 Å². The summed E-state index contributed by atoms with van der Waals surface area (Å²) < 4.78 is 11.5. The first-order chi connectivity index (χ1) is 11.2. The summed E-state index contributed by atoms with van der Waals surface area (Å²) in [5.74, 6) is 1.74. The summed E-state index contributed by atoms with van der Waals surface area (Å²) in [5, 5.41) is 0.832. The van der Waals surface area contributed by atoms with Gasteiger partial charge in [-0.05, 0) is 17.7 Å². The molecule has 4 heteroatoms. The van der Waals surface area contributed by atoms with Gasteiger partial charge in [0, 0.05) is 12.1 Å². The molecule has 0 spiro atoms. The number of benzene rings is 3. The summed E-state index contributed by atoms with van der Waals surface area (Å²) in [5.41, 5.74) is 1.05. The van der Waals surface area contributed by atoms with Gasteiger partial charge in [0.05, 0.1) is 10.0 Å². The Labute approximate surface area is 145 Å². The summed E-state index contributed by atoms with van der Waals surface area (Å²) in [6, 6.07) is 22.7. The van der Waals surface area contributed by atoms with Gasteiger partial charge in [-0.15, -0.1) is 0 Å². The van der Waals surface area contributed by atoms with Crippen molar-refractivity contribution < 1.29 is 9.47 Å². The van der Waals surface area contributed by atoms with E-state index in [1.54, 1.807) is 12.1 Å². The molecule has 116 valence electrons. The minimum absolute atomic E-state index is 0.402. The lowest BCUT2D eigenvalue weighted by Crippen LogP contribution is -1.97. The maximum atomic E-state index is 6.28. The lowest BCUT2D eigenvalue weighted by Gasteiger charge is -2.12. The van der Waals surface area contributed by atoms with Crippen molar-refractivity contribution in [1.82, 2.24) is 0 Å². The number of hydrogen-bond acceptors (Lipinski definition) is 2. The van der Waals surface area contributed by atoms with Gasteiger partial charge < -0.3 is 9.47 Å². The molecule has 3 rings (SSSR count). The van der Waals surface area contributed by atoms with Crippen LogP contribution in [0.1, 0.15) is 5.56 Å². The topological polar surface area (TPSA) is 18.5 Å². The predicted octanol–water partition coefficient (Wildman–Crippen LogP) is 6.36. The molecule has 0 unspecified atom stereocenters. The molecule has 23 heavy (non-hydrogen) atoms. The normalized spacial score (nSPS) is 10.3. The van der Waals surface area contributed by atoms with E-state index < -0.39 is 0 Å². The fourth-order valence-corrected chi connectivity index (χ4v) is 2.66. The summed E-state index contributed by atoms with van der Waals surface area (Å²) in [7, 11) is 0. The van der Waals surface area contributed by atoms with E-state index in [2.05, 4.69) is 0 Å². The van der Waals surface area contributed by atoms with Gasteiger partial charge in [-0.3, -0.25) is 0 Å². The van der Waals surface area contributed by atoms with E-state index in [1.807, 2.05) is 60.7 Å². The van der Waals surface area contributed by atoms with Crippen LogP contribution in [0.15, 0.2) is 72.8 Å². The summed E-state index contributed by atoms with van der Waals surface area (Å²) in [4.78, 5) is 0. The highest BCUT2D eigenvalue weighted by molar-refractivity contribution is 6.37. The molecule has 0 aliphatic carbocycles. The molecule has 0 aromatic heterocycles. The van der Waals surface area contributed by atoms with E-state index in [0.29, 0.717) is 28.2 Å². The highest BCUT2D eigenvalue weighted by Gasteiger charge is 2.11. The first-order valence-electron chi connectivity index (χ1n) is 7.11. The van der Waals surface area contributed by atoms with Gasteiger partial charge in [-0.2, -0.15) is 0 Å². The molecule has 0 bridgehead atoms. The largest absolute Gasteiger partial charge is 0.486 e. The molecule has 0 fully saturated rings. The first-order valence-corrected chi connectivity index (χ1v) is 7.86. The highest BCUT2D eigenvalue weighted by atomic mass is 35.5. The van der Waals surface area contributed by atoms with Crippen LogP contribution < -0.4 is 9.47 Å². The van der Waals surface area contributed by atoms with Crippen LogP contribution in [0, 0.1) is 0 Å². The van der Waals surface area contributed by atoms with Crippen molar-refractivity contribution in [2.75, 3.05) is 0 Å². The van der Waals surface area contributed by atoms with Crippen molar-refractivity contribution in [3.63, 3.8) is 0 Å². The zero-order valence-electron chi connectivity index (χ0n) is 12.2. The van der Waals surface area contributed by atoms with Crippen molar-refractivity contribution in [1.29, 1.82) is 0 Å². The molecule has 0 atom stereocenters. The zero-order valence-corrected chi connectivity index (χ0v) is 13.7. The van der Waals surface area contributed by atoms with Crippen molar-refractivity contribution in [3.8, 4) is 17.2 Å². The minimum Gasteiger partial charge on any atom is -0.486 e. The monoisotopic (exact) mass is 344 g/mol. The Hall–Kier alpha value is -2.16. The van der Waals surface area contributed by atoms with E-state index in [4.69, 9.17) is 32.7 Å². The van der Waals surface area contributed by atoms with Gasteiger partial charge in [0.25, 0.3) is 0 Å². The lowest BCUT2D eigenvalue weighted by atomic mass is 10.2. The van der Waals surface area contributed by atoms with Crippen molar-refractivity contribution in [2.24, 2.45) is 0 Å². The minimum atomic E-state index is 0.402. The van der Waals surface area contributed by atoms with Gasteiger partial charge in [0.2, 0.25) is 0 Å². The Bertz CT molecular complexity index is 751. The van der Waals surface area contributed by atoms with Gasteiger partial charge in [-0.1, -0.05) is 71.7 Å². The van der Waals surface area contributed by atoms with E-state index in [9.17, 15) is 0 Å². The molecular formula is C19H14Cl2O2. The maximum Gasteiger partial charge on any atom is 0.157 e. The van der Waals surface area contributed by atoms with Gasteiger partial charge >= 0.3 is 0 Å². The molecule has 0 saturated heterocycles. The fourth-order valence-electron chi connectivity index (χ4n) is 2.09. The Morgan fingerprint density at radius 1 is 0.696 bits per heavy atom. The van der Waals surface area contributed by atoms with Crippen LogP contribution in [0.4, 0.5) is 0 Å². The van der Waals surface area contributed by atoms with E-state index >= 15 is 0 Å². The van der Waals surface area contributed by atoms with Crippen LogP contribution >= 0.6 is 23.2 Å². The molecule has 2 nitrogen and oxygen atoms in total. The quantitative estimate of drug-likeness (QED) is 0.535. The van der Waals surface area contributed by atoms with Crippen LogP contribution in [0.5, 0.6) is 17.2 Å². The van der Waals surface area contributed by atoms with Gasteiger partial charge in [-0.25, -0.2) is 0 Å². The average molecular weight is 345 g/mol. The predicted molar refractivity (Wildman–Crippen MR) is 93.8 cm³/mol. The summed E-state index contributed by atoms with van der Waals surface area (Å²) in [6.07, 6.45) is 0. The third-order valence-electron chi connectivity index (χ3n) is 3.18. The van der Waals surface area contributed by atoms with E-state index in [-0.39, 0.29) is 0 Å². The number of halogens is 2. The Morgan fingerprint density at radius 3 is 1.87 bits per heavy atom. The lowest BCUT2D eigenvalue weighted by molar-refractivity contribution is 0.306. The number of hydrogen-bond donors (Lipinski definition) is 0. The van der Waals surface area contributed by atoms with Crippen molar-refractivity contribution in [3.05, 3.63) is 88.4 Å². The molecule has 0 amide bonds. The maximum absolute atomic E-state index is 6.28. The van der Waals surface area contributed by atoms with Crippen LogP contribution in [-0.4, -0.2) is 0 Å². The second kappa shape index (κ2) is 7.40. The molecule has 0 heterocycles. The number of ether oxygens (including phenoxy) is 2. The molecule has 0 radical (unpaired) electrons. The molecule has 3 aromatic carbocycles. The average Bonchev–Trinajstić information content (AvgIpc) is 2.56.